The zero-order valence-corrected chi connectivity index (χ0v) is 14.9. The van der Waals surface area contributed by atoms with Gasteiger partial charge in [-0.1, -0.05) is 19.1 Å². The maximum Gasteiger partial charge on any atom is 0.239 e. The average molecular weight is 340 g/mol. The fraction of sp³-hybridized carbons (Fsp3) is 0.529. The summed E-state index contributed by atoms with van der Waals surface area (Å²) in [6.07, 6.45) is 1.67. The number of anilines is 1. The highest BCUT2D eigenvalue weighted by atomic mass is 35.5. The van der Waals surface area contributed by atoms with Crippen LogP contribution in [0.15, 0.2) is 24.3 Å². The molecule has 1 aliphatic heterocycles. The summed E-state index contributed by atoms with van der Waals surface area (Å²) in [7, 11) is 3.87. The second-order valence-corrected chi connectivity index (χ2v) is 6.21. The predicted molar refractivity (Wildman–Crippen MR) is 94.6 cm³/mol. The monoisotopic (exact) mass is 339 g/mol. The van der Waals surface area contributed by atoms with Crippen molar-refractivity contribution in [2.75, 3.05) is 32.9 Å². The zero-order chi connectivity index (χ0) is 16.3. The Kier molecular flexibility index (Phi) is 6.59. The van der Waals surface area contributed by atoms with Crippen molar-refractivity contribution in [3.05, 3.63) is 29.8 Å². The van der Waals surface area contributed by atoms with Gasteiger partial charge >= 0.3 is 0 Å². The van der Waals surface area contributed by atoms with Crippen molar-refractivity contribution in [3.63, 3.8) is 0 Å². The topological polar surface area (TPSA) is 66.6 Å². The van der Waals surface area contributed by atoms with E-state index in [1.807, 2.05) is 50.2 Å². The van der Waals surface area contributed by atoms with Gasteiger partial charge in [0.25, 0.3) is 0 Å². The number of carbonyl (C=O) groups is 2. The minimum atomic E-state index is -0.603. The number of nitrogens with two attached hydrogens (primary N) is 1. The lowest BCUT2D eigenvalue weighted by molar-refractivity contribution is -0.153. The lowest BCUT2D eigenvalue weighted by Gasteiger charge is -2.40. The number of rotatable bonds is 5. The fourth-order valence-electron chi connectivity index (χ4n) is 3.06. The van der Waals surface area contributed by atoms with E-state index >= 15 is 0 Å². The Hall–Kier alpha value is -1.59. The predicted octanol–water partition coefficient (Wildman–Crippen LogP) is 2.05. The number of nitrogen functional groups attached to an aromatic ring is 1. The molecule has 0 spiro atoms. The summed E-state index contributed by atoms with van der Waals surface area (Å²) in [6.45, 7) is 3.13. The van der Waals surface area contributed by atoms with Crippen LogP contribution in [0.2, 0.25) is 0 Å². The number of likely N-dealkylation sites (tertiary alicyclic amines) is 1. The van der Waals surface area contributed by atoms with Crippen LogP contribution in [-0.4, -0.2) is 48.8 Å². The molecule has 2 amide bonds. The first-order valence-corrected chi connectivity index (χ1v) is 7.76. The highest BCUT2D eigenvalue weighted by Gasteiger charge is 2.46. The molecular weight excluding hydrogens is 314 g/mol. The lowest BCUT2D eigenvalue weighted by Crippen LogP contribution is -2.55. The Morgan fingerprint density at radius 1 is 1.22 bits per heavy atom. The van der Waals surface area contributed by atoms with E-state index in [1.165, 1.54) is 4.90 Å². The minimum absolute atomic E-state index is 0. The number of hydrogen-bond donors (Lipinski definition) is 1. The maximum atomic E-state index is 13.0. The summed E-state index contributed by atoms with van der Waals surface area (Å²) in [4.78, 5) is 28.6. The Bertz CT molecular complexity index is 559. The van der Waals surface area contributed by atoms with Crippen LogP contribution >= 0.6 is 12.4 Å². The summed E-state index contributed by atoms with van der Waals surface area (Å²) >= 11 is 0. The highest BCUT2D eigenvalue weighted by molar-refractivity contribution is 6.03. The molecule has 1 aromatic rings. The van der Waals surface area contributed by atoms with E-state index in [2.05, 4.69) is 0 Å². The van der Waals surface area contributed by atoms with E-state index in [9.17, 15) is 9.59 Å². The van der Waals surface area contributed by atoms with Gasteiger partial charge in [0.1, 0.15) is 0 Å². The number of carbonyl (C=O) groups excluding carboxylic acids is 2. The van der Waals surface area contributed by atoms with Crippen LogP contribution in [0.3, 0.4) is 0 Å². The second-order valence-electron chi connectivity index (χ2n) is 6.21. The molecule has 1 heterocycles. The van der Waals surface area contributed by atoms with E-state index in [0.29, 0.717) is 38.0 Å². The molecule has 0 bridgehead atoms. The first-order valence-electron chi connectivity index (χ1n) is 7.76. The SMILES string of the molecule is CCC1(c2ccc(N)cc2)CCC(=O)N(CCN(C)C)C1=O.Cl. The molecule has 128 valence electrons. The molecule has 0 aliphatic carbocycles. The molecule has 2 rings (SSSR count). The summed E-state index contributed by atoms with van der Waals surface area (Å²) in [5.41, 5.74) is 6.78. The van der Waals surface area contributed by atoms with Gasteiger partial charge < -0.3 is 10.6 Å². The number of likely N-dealkylation sites (N-methyl/N-ethyl adjacent to an activating group) is 1. The summed E-state index contributed by atoms with van der Waals surface area (Å²) < 4.78 is 0. The number of hydrogen-bond acceptors (Lipinski definition) is 4. The number of imide groups is 1. The molecule has 1 unspecified atom stereocenters. The quantitative estimate of drug-likeness (QED) is 0.658. The molecule has 0 saturated carbocycles. The first-order chi connectivity index (χ1) is 10.4. The average Bonchev–Trinajstić information content (AvgIpc) is 2.49. The van der Waals surface area contributed by atoms with E-state index in [-0.39, 0.29) is 24.2 Å². The third-order valence-electron chi connectivity index (χ3n) is 4.56. The van der Waals surface area contributed by atoms with Crippen LogP contribution in [0.1, 0.15) is 31.7 Å². The van der Waals surface area contributed by atoms with E-state index in [4.69, 9.17) is 5.73 Å². The normalized spacial score (nSPS) is 21.5. The van der Waals surface area contributed by atoms with E-state index < -0.39 is 5.41 Å². The second kappa shape index (κ2) is 7.79. The third kappa shape index (κ3) is 3.85. The fourth-order valence-corrected chi connectivity index (χ4v) is 3.06. The standard InChI is InChI=1S/C17H25N3O2.ClH/c1-4-17(13-5-7-14(18)8-6-13)10-9-15(21)20(16(17)22)12-11-19(2)3;/h5-8H,4,9-12,18H2,1-3H3;1H. The number of piperidine rings is 1. The molecular formula is C17H26ClN3O2. The van der Waals surface area contributed by atoms with Crippen LogP contribution in [0, 0.1) is 0 Å². The Morgan fingerprint density at radius 2 is 1.83 bits per heavy atom. The molecule has 0 aromatic heterocycles. The number of benzene rings is 1. The molecule has 5 nitrogen and oxygen atoms in total. The van der Waals surface area contributed by atoms with Crippen molar-refractivity contribution in [1.29, 1.82) is 0 Å². The number of nitrogens with zero attached hydrogens (tertiary/aromatic N) is 2. The van der Waals surface area contributed by atoms with Crippen LogP contribution in [0.5, 0.6) is 0 Å². The largest absolute Gasteiger partial charge is 0.399 e. The van der Waals surface area contributed by atoms with Crippen LogP contribution in [-0.2, 0) is 15.0 Å². The third-order valence-corrected chi connectivity index (χ3v) is 4.56. The van der Waals surface area contributed by atoms with E-state index in [0.717, 1.165) is 5.56 Å². The lowest BCUT2D eigenvalue weighted by atomic mass is 9.71. The summed E-state index contributed by atoms with van der Waals surface area (Å²) in [6, 6.07) is 7.47. The van der Waals surface area contributed by atoms with E-state index in [1.54, 1.807) is 0 Å². The molecule has 1 saturated heterocycles. The van der Waals surface area contributed by atoms with Gasteiger partial charge in [0.05, 0.1) is 5.41 Å². The number of amides is 2. The molecule has 0 radical (unpaired) electrons. The molecule has 2 N–H and O–H groups in total. The van der Waals surface area contributed by atoms with Gasteiger partial charge in [0.15, 0.2) is 0 Å². The Morgan fingerprint density at radius 3 is 2.35 bits per heavy atom. The Balaban J connectivity index is 0.00000264. The molecule has 1 atom stereocenters. The van der Waals surface area contributed by atoms with Crippen LogP contribution < -0.4 is 5.73 Å². The van der Waals surface area contributed by atoms with Crippen molar-refractivity contribution in [2.24, 2.45) is 0 Å². The Labute approximate surface area is 144 Å². The molecule has 1 aliphatic rings. The smallest absolute Gasteiger partial charge is 0.239 e. The van der Waals surface area contributed by atoms with Gasteiger partial charge in [0.2, 0.25) is 11.8 Å². The van der Waals surface area contributed by atoms with Gasteiger partial charge in [0, 0.05) is 25.2 Å². The summed E-state index contributed by atoms with van der Waals surface area (Å²) in [5, 5.41) is 0. The van der Waals surface area contributed by atoms with Gasteiger partial charge in [-0.2, -0.15) is 0 Å². The maximum absolute atomic E-state index is 13.0. The van der Waals surface area contributed by atoms with Gasteiger partial charge in [-0.15, -0.1) is 12.4 Å². The molecule has 23 heavy (non-hydrogen) atoms. The van der Waals surface area contributed by atoms with Gasteiger partial charge in [-0.25, -0.2) is 0 Å². The van der Waals surface area contributed by atoms with Crippen molar-refractivity contribution >= 4 is 29.9 Å². The number of halogens is 1. The van der Waals surface area contributed by atoms with Gasteiger partial charge in [-0.05, 0) is 44.6 Å². The van der Waals surface area contributed by atoms with Crippen molar-refractivity contribution in [1.82, 2.24) is 9.80 Å². The molecule has 6 heteroatoms. The first kappa shape index (κ1) is 19.5. The van der Waals surface area contributed by atoms with Gasteiger partial charge in [-0.3, -0.25) is 14.5 Å². The highest BCUT2D eigenvalue weighted by Crippen LogP contribution is 2.38. The summed E-state index contributed by atoms with van der Waals surface area (Å²) in [5.74, 6) is -0.135. The zero-order valence-electron chi connectivity index (χ0n) is 14.0. The minimum Gasteiger partial charge on any atom is -0.399 e. The molecule has 1 aromatic carbocycles. The molecule has 1 fully saturated rings. The van der Waals surface area contributed by atoms with Crippen molar-refractivity contribution in [2.45, 2.75) is 31.6 Å². The van der Waals surface area contributed by atoms with Crippen molar-refractivity contribution < 1.29 is 9.59 Å². The van der Waals surface area contributed by atoms with Crippen LogP contribution in [0.4, 0.5) is 5.69 Å². The van der Waals surface area contributed by atoms with Crippen molar-refractivity contribution in [3.8, 4) is 0 Å². The van der Waals surface area contributed by atoms with Crippen LogP contribution in [0.25, 0.3) is 0 Å².